The molecule has 20 heavy (non-hydrogen) atoms. The van der Waals surface area contributed by atoms with Crippen LogP contribution < -0.4 is 69.3 Å². The predicted octanol–water partition coefficient (Wildman–Crippen LogP) is -7.71. The summed E-state index contributed by atoms with van der Waals surface area (Å²) in [4.78, 5) is 20.6. The fourth-order valence-corrected chi connectivity index (χ4v) is 2.32. The molecule has 0 spiro atoms. The van der Waals surface area contributed by atoms with Gasteiger partial charge in [0.25, 0.3) is 10.1 Å². The van der Waals surface area contributed by atoms with E-state index < -0.39 is 38.1 Å². The molecule has 0 amide bonds. The smallest absolute Gasteiger partial charge is 0.545 e. The summed E-state index contributed by atoms with van der Waals surface area (Å²) in [6.45, 7) is 2.50. The Balaban J connectivity index is 0. The van der Waals surface area contributed by atoms with E-state index in [1.165, 1.54) is 13.8 Å². The monoisotopic (exact) mass is 318 g/mol. The summed E-state index contributed by atoms with van der Waals surface area (Å²) in [5.74, 6) is -3.50. The molecule has 1 aromatic rings. The first-order valence-corrected chi connectivity index (χ1v) is 6.05. The Morgan fingerprint density at radius 2 is 1.50 bits per heavy atom. The predicted molar refractivity (Wildman–Crippen MR) is 54.4 cm³/mol. The number of rotatable bonds is 3. The first-order chi connectivity index (χ1) is 8.07. The van der Waals surface area contributed by atoms with Gasteiger partial charge in [0.2, 0.25) is 0 Å². The van der Waals surface area contributed by atoms with Gasteiger partial charge >= 0.3 is 59.1 Å². The normalized spacial score (nSPS) is 10.2. The van der Waals surface area contributed by atoms with Gasteiger partial charge in [-0.3, -0.25) is 4.55 Å². The first-order valence-electron chi connectivity index (χ1n) is 4.61. The van der Waals surface area contributed by atoms with E-state index >= 15 is 0 Å². The second-order valence-corrected chi connectivity index (χ2v) is 4.99. The molecule has 0 aliphatic heterocycles. The average Bonchev–Trinajstić information content (AvgIpc) is 2.18. The van der Waals surface area contributed by atoms with Crippen molar-refractivity contribution in [2.45, 2.75) is 18.7 Å². The summed E-state index contributed by atoms with van der Waals surface area (Å²) in [6, 6.07) is 0.540. The molecule has 0 atom stereocenters. The third-order valence-electron chi connectivity index (χ3n) is 2.57. The molecule has 1 rings (SSSR count). The fraction of sp³-hybridized carbons (Fsp3) is 0.200. The summed E-state index contributed by atoms with van der Waals surface area (Å²) >= 11 is 0. The van der Waals surface area contributed by atoms with E-state index in [1.807, 2.05) is 0 Å². The number of hydrogen-bond acceptors (Lipinski definition) is 6. The zero-order valence-corrected chi connectivity index (χ0v) is 16.2. The largest absolute Gasteiger partial charge is 1.00 e. The van der Waals surface area contributed by atoms with Crippen molar-refractivity contribution >= 4 is 22.1 Å². The molecule has 1 N–H and O–H groups in total. The molecular weight excluding hydrogens is 310 g/mol. The molecule has 0 radical (unpaired) electrons. The van der Waals surface area contributed by atoms with E-state index in [-0.39, 0.29) is 70.2 Å². The standard InChI is InChI=1S/C10H10O7S.2Na/c1-4-5(2)8(10(13)14)7(18(15,16)17)3-6(4)9(11)12;;/h3H,1-2H3,(H,11,12)(H,13,14)(H,15,16,17);;/q;2*+1/p-2. The van der Waals surface area contributed by atoms with Crippen LogP contribution in [0.25, 0.3) is 0 Å². The minimum absolute atomic E-state index is 0. The maximum atomic E-state index is 11.0. The van der Waals surface area contributed by atoms with Crippen LogP contribution >= 0.6 is 0 Å². The third kappa shape index (κ3) is 4.54. The number of carboxylic acids is 2. The Morgan fingerprint density at radius 3 is 1.80 bits per heavy atom. The number of carbonyl (C=O) groups excluding carboxylic acids is 2. The van der Waals surface area contributed by atoms with Crippen LogP contribution in [-0.4, -0.2) is 24.9 Å². The zero-order valence-electron chi connectivity index (χ0n) is 11.4. The second kappa shape index (κ2) is 7.90. The number of hydrogen-bond donors (Lipinski definition) is 1. The summed E-state index contributed by atoms with van der Waals surface area (Å²) in [5, 5.41) is 21.7. The summed E-state index contributed by atoms with van der Waals surface area (Å²) in [6.07, 6.45) is 0. The first kappa shape index (κ1) is 22.4. The second-order valence-electron chi connectivity index (χ2n) is 3.60. The number of aromatic carboxylic acids is 2. The van der Waals surface area contributed by atoms with Crippen molar-refractivity contribution < 1.29 is 91.9 Å². The van der Waals surface area contributed by atoms with Gasteiger partial charge in [-0.25, -0.2) is 0 Å². The molecule has 0 fully saturated rings. The Hall–Kier alpha value is 0.0700. The Bertz CT molecular complexity index is 652. The summed E-state index contributed by atoms with van der Waals surface area (Å²) < 4.78 is 31.0. The molecule has 0 aliphatic rings. The Morgan fingerprint density at radius 1 is 1.05 bits per heavy atom. The van der Waals surface area contributed by atoms with E-state index in [2.05, 4.69) is 0 Å². The van der Waals surface area contributed by atoms with E-state index in [4.69, 9.17) is 4.55 Å². The average molecular weight is 318 g/mol. The molecule has 1 aromatic carbocycles. The molecule has 0 saturated heterocycles. The molecule has 0 aromatic heterocycles. The molecule has 7 nitrogen and oxygen atoms in total. The SMILES string of the molecule is Cc1c(C(=O)[O-])cc(S(=O)(=O)O)c(C(=O)[O-])c1C.[Na+].[Na+]. The zero-order chi connectivity index (χ0) is 14.2. The summed E-state index contributed by atoms with van der Waals surface area (Å²) in [7, 11) is -4.89. The van der Waals surface area contributed by atoms with Gasteiger partial charge in [-0.05, 0) is 31.0 Å². The van der Waals surface area contributed by atoms with Gasteiger partial charge in [-0.2, -0.15) is 8.42 Å². The van der Waals surface area contributed by atoms with Crippen LogP contribution in [0, 0.1) is 13.8 Å². The number of carboxylic acid groups (broad SMARTS) is 2. The molecule has 0 unspecified atom stereocenters. The van der Waals surface area contributed by atoms with E-state index in [0.717, 1.165) is 0 Å². The maximum Gasteiger partial charge on any atom is 1.00 e. The van der Waals surface area contributed by atoms with E-state index in [9.17, 15) is 28.2 Å². The van der Waals surface area contributed by atoms with Crippen LogP contribution in [0.4, 0.5) is 0 Å². The molecule has 0 bridgehead atoms. The molecule has 0 aliphatic carbocycles. The van der Waals surface area contributed by atoms with Gasteiger partial charge in [0.15, 0.2) is 0 Å². The molecule has 0 saturated carbocycles. The van der Waals surface area contributed by atoms with Crippen LogP contribution in [0.15, 0.2) is 11.0 Å². The van der Waals surface area contributed by atoms with Crippen LogP contribution in [0.3, 0.4) is 0 Å². The van der Waals surface area contributed by atoms with Crippen LogP contribution in [-0.2, 0) is 10.1 Å². The van der Waals surface area contributed by atoms with Gasteiger partial charge in [-0.15, -0.1) is 0 Å². The molecule has 0 heterocycles. The van der Waals surface area contributed by atoms with Gasteiger partial charge in [0, 0.05) is 11.1 Å². The van der Waals surface area contributed by atoms with Crippen molar-refractivity contribution in [3.63, 3.8) is 0 Å². The molecular formula is C10H8Na2O7S. The van der Waals surface area contributed by atoms with Gasteiger partial charge in [0.05, 0.1) is 11.9 Å². The minimum Gasteiger partial charge on any atom is -0.545 e. The van der Waals surface area contributed by atoms with Gasteiger partial charge in [0.1, 0.15) is 4.90 Å². The van der Waals surface area contributed by atoms with Crippen molar-refractivity contribution in [2.24, 2.45) is 0 Å². The van der Waals surface area contributed by atoms with E-state index in [0.29, 0.717) is 6.07 Å². The van der Waals surface area contributed by atoms with Crippen molar-refractivity contribution in [2.75, 3.05) is 0 Å². The third-order valence-corrected chi connectivity index (χ3v) is 3.44. The van der Waals surface area contributed by atoms with Crippen LogP contribution in [0.1, 0.15) is 31.8 Å². The van der Waals surface area contributed by atoms with Crippen molar-refractivity contribution in [3.05, 3.63) is 28.3 Å². The molecule has 10 heteroatoms. The Labute approximate surface area is 159 Å². The van der Waals surface area contributed by atoms with Gasteiger partial charge < -0.3 is 19.8 Å². The van der Waals surface area contributed by atoms with Crippen molar-refractivity contribution in [1.82, 2.24) is 0 Å². The minimum atomic E-state index is -4.89. The summed E-state index contributed by atoms with van der Waals surface area (Å²) in [5.41, 5.74) is -1.36. The molecule has 98 valence electrons. The fourth-order valence-electron chi connectivity index (χ4n) is 1.55. The number of benzene rings is 1. The van der Waals surface area contributed by atoms with Gasteiger partial charge in [-0.1, -0.05) is 0 Å². The Kier molecular flexibility index (Phi) is 8.83. The van der Waals surface area contributed by atoms with Crippen LogP contribution in [0.2, 0.25) is 0 Å². The number of carbonyl (C=O) groups is 2. The quantitative estimate of drug-likeness (QED) is 0.432. The van der Waals surface area contributed by atoms with E-state index in [1.54, 1.807) is 0 Å². The topological polar surface area (TPSA) is 135 Å². The van der Waals surface area contributed by atoms with Crippen LogP contribution in [0.5, 0.6) is 0 Å². The van der Waals surface area contributed by atoms with Crippen molar-refractivity contribution in [1.29, 1.82) is 0 Å². The maximum absolute atomic E-state index is 11.0. The van der Waals surface area contributed by atoms with Crippen molar-refractivity contribution in [3.8, 4) is 0 Å².